The molecular formula is C32H30O15. The van der Waals surface area contributed by atoms with Crippen molar-refractivity contribution in [3.8, 4) is 51.6 Å². The topological polar surface area (TPSA) is 235 Å². The number of phenolic OH excluding ortho intramolecular Hbond substituents is 3. The van der Waals surface area contributed by atoms with Gasteiger partial charge < -0.3 is 63.8 Å². The van der Waals surface area contributed by atoms with Gasteiger partial charge >= 0.3 is 5.97 Å². The van der Waals surface area contributed by atoms with Crippen molar-refractivity contribution >= 4 is 23.0 Å². The average molecular weight is 655 g/mol. The Kier molecular flexibility index (Phi) is 9.55. The minimum absolute atomic E-state index is 0.0315. The minimum Gasteiger partial charge on any atom is -0.508 e. The van der Waals surface area contributed by atoms with E-state index in [-0.39, 0.29) is 34.3 Å². The Balaban J connectivity index is 1.57. The highest BCUT2D eigenvalue weighted by Gasteiger charge is 2.45. The van der Waals surface area contributed by atoms with Crippen LogP contribution in [0.15, 0.2) is 63.8 Å². The van der Waals surface area contributed by atoms with Crippen molar-refractivity contribution < 1.29 is 68.6 Å². The maximum absolute atomic E-state index is 13.2. The van der Waals surface area contributed by atoms with E-state index in [9.17, 15) is 45.3 Å². The maximum Gasteiger partial charge on any atom is 0.336 e. The number of esters is 1. The molecular weight excluding hydrogens is 624 g/mol. The van der Waals surface area contributed by atoms with E-state index in [4.69, 9.17) is 28.1 Å². The van der Waals surface area contributed by atoms with Gasteiger partial charge in [0.25, 0.3) is 0 Å². The summed E-state index contributed by atoms with van der Waals surface area (Å²) in [5, 5.41) is 71.1. The van der Waals surface area contributed by atoms with Crippen LogP contribution in [0.1, 0.15) is 5.56 Å². The molecule has 1 aliphatic rings. The number of aliphatic hydroxyl groups excluding tert-OH is 4. The normalized spacial score (nSPS) is 21.1. The number of carbonyl (C=O) groups is 1. The lowest BCUT2D eigenvalue weighted by molar-refractivity contribution is -0.277. The summed E-state index contributed by atoms with van der Waals surface area (Å²) in [6.07, 6.45) is -6.42. The van der Waals surface area contributed by atoms with Crippen molar-refractivity contribution in [2.75, 3.05) is 20.8 Å². The standard InChI is InChI=1S/C32H30O15/c1-42-20-9-14(10-21(43-2)26(20)37)3-8-24(36)45-22-12-19-25(17(35)11-18(44-19)15-4-6-16(34)7-5-15)28(39)31(22)47-32-30(41)29(40)27(38)23(13-33)46-32/h3-12,23,27,29-30,32-34,37-41H,13H2,1-2H3/b8-3+/t23-,27-,29+,30-,32?/m1/s1. The lowest BCUT2D eigenvalue weighted by atomic mass is 9.99. The highest BCUT2D eigenvalue weighted by Crippen LogP contribution is 2.44. The van der Waals surface area contributed by atoms with E-state index in [1.807, 2.05) is 0 Å². The zero-order valence-electron chi connectivity index (χ0n) is 24.8. The molecule has 1 unspecified atom stereocenters. The van der Waals surface area contributed by atoms with Crippen LogP contribution >= 0.6 is 0 Å². The van der Waals surface area contributed by atoms with Crippen LogP contribution in [0.5, 0.6) is 40.2 Å². The van der Waals surface area contributed by atoms with E-state index in [2.05, 4.69) is 0 Å². The van der Waals surface area contributed by atoms with Crippen LogP contribution in [-0.2, 0) is 9.53 Å². The number of fused-ring (bicyclic) bond motifs is 1. The van der Waals surface area contributed by atoms with Crippen LogP contribution < -0.4 is 24.4 Å². The van der Waals surface area contributed by atoms with Gasteiger partial charge in [-0.05, 0) is 48.0 Å². The zero-order chi connectivity index (χ0) is 34.0. The molecule has 3 aromatic carbocycles. The summed E-state index contributed by atoms with van der Waals surface area (Å²) in [5.41, 5.74) is -0.251. The molecule has 15 heteroatoms. The molecule has 4 aromatic rings. The fourth-order valence-electron chi connectivity index (χ4n) is 4.82. The Bertz CT molecular complexity index is 1840. The largest absolute Gasteiger partial charge is 0.508 e. The van der Waals surface area contributed by atoms with Gasteiger partial charge in [0.1, 0.15) is 46.9 Å². The molecule has 5 rings (SSSR count). The van der Waals surface area contributed by atoms with E-state index in [0.717, 1.165) is 18.2 Å². The molecule has 15 nitrogen and oxygen atoms in total. The fourth-order valence-corrected chi connectivity index (χ4v) is 4.82. The second kappa shape index (κ2) is 13.6. The van der Waals surface area contributed by atoms with Crippen molar-refractivity contribution in [1.29, 1.82) is 0 Å². The summed E-state index contributed by atoms with van der Waals surface area (Å²) < 4.78 is 32.5. The molecule has 1 fully saturated rings. The van der Waals surface area contributed by atoms with Crippen LogP contribution in [0.2, 0.25) is 0 Å². The Labute approximate surface area is 265 Å². The zero-order valence-corrected chi connectivity index (χ0v) is 24.8. The summed E-state index contributed by atoms with van der Waals surface area (Å²) in [4.78, 5) is 26.3. The molecule has 0 spiro atoms. The molecule has 0 aliphatic carbocycles. The number of hydrogen-bond donors (Lipinski definition) is 7. The van der Waals surface area contributed by atoms with Crippen molar-refractivity contribution in [2.24, 2.45) is 0 Å². The number of benzene rings is 3. The predicted octanol–water partition coefficient (Wildman–Crippen LogP) is 1.39. The Morgan fingerprint density at radius 1 is 0.872 bits per heavy atom. The molecule has 7 N–H and O–H groups in total. The summed E-state index contributed by atoms with van der Waals surface area (Å²) in [6, 6.07) is 10.7. The first kappa shape index (κ1) is 33.1. The van der Waals surface area contributed by atoms with Crippen molar-refractivity contribution in [3.05, 3.63) is 70.4 Å². The minimum atomic E-state index is -1.92. The van der Waals surface area contributed by atoms with Gasteiger partial charge in [0.2, 0.25) is 17.8 Å². The third kappa shape index (κ3) is 6.65. The first-order valence-corrected chi connectivity index (χ1v) is 13.9. The molecule has 0 amide bonds. The van der Waals surface area contributed by atoms with E-state index < -0.39 is 71.3 Å². The monoisotopic (exact) mass is 654 g/mol. The SMILES string of the molecule is COc1cc(/C=C/C(=O)Oc2cc3oc(-c4ccc(O)cc4)cc(=O)c3c(O)c2OC2O[C@H](CO)[C@@H](O)[C@H](O)[C@H]2O)cc(OC)c1O. The number of ether oxygens (including phenoxy) is 5. The van der Waals surface area contributed by atoms with Crippen LogP contribution in [0.25, 0.3) is 28.4 Å². The Morgan fingerprint density at radius 2 is 1.53 bits per heavy atom. The van der Waals surface area contributed by atoms with Gasteiger partial charge in [-0.3, -0.25) is 4.79 Å². The maximum atomic E-state index is 13.2. The van der Waals surface area contributed by atoms with Gasteiger partial charge in [-0.1, -0.05) is 0 Å². The van der Waals surface area contributed by atoms with Crippen LogP contribution in [-0.4, -0.2) is 93.2 Å². The number of hydrogen-bond acceptors (Lipinski definition) is 15. The molecule has 47 heavy (non-hydrogen) atoms. The van der Waals surface area contributed by atoms with Gasteiger partial charge in [0, 0.05) is 23.8 Å². The molecule has 1 saturated heterocycles. The first-order valence-electron chi connectivity index (χ1n) is 13.9. The number of carbonyl (C=O) groups excluding carboxylic acids is 1. The summed E-state index contributed by atoms with van der Waals surface area (Å²) in [5.74, 6) is -3.25. The summed E-state index contributed by atoms with van der Waals surface area (Å²) in [6.45, 7) is -0.780. The molecule has 1 aromatic heterocycles. The smallest absolute Gasteiger partial charge is 0.336 e. The van der Waals surface area contributed by atoms with Crippen molar-refractivity contribution in [1.82, 2.24) is 0 Å². The molecule has 5 atom stereocenters. The lowest BCUT2D eigenvalue weighted by Gasteiger charge is -2.39. The third-order valence-electron chi connectivity index (χ3n) is 7.27. The van der Waals surface area contributed by atoms with Crippen molar-refractivity contribution in [2.45, 2.75) is 30.7 Å². The van der Waals surface area contributed by atoms with Crippen LogP contribution in [0, 0.1) is 0 Å². The van der Waals surface area contributed by atoms with E-state index >= 15 is 0 Å². The van der Waals surface area contributed by atoms with Crippen molar-refractivity contribution in [3.63, 3.8) is 0 Å². The predicted molar refractivity (Wildman–Crippen MR) is 162 cm³/mol. The highest BCUT2D eigenvalue weighted by molar-refractivity contribution is 5.93. The molecule has 0 radical (unpaired) electrons. The Hall–Kier alpha value is -5.32. The number of aromatic hydroxyl groups is 3. The summed E-state index contributed by atoms with van der Waals surface area (Å²) in [7, 11) is 2.65. The molecule has 1 aliphatic heterocycles. The molecule has 248 valence electrons. The Morgan fingerprint density at radius 3 is 2.15 bits per heavy atom. The number of rotatable bonds is 9. The highest BCUT2D eigenvalue weighted by atomic mass is 16.7. The fraction of sp³-hybridized carbons (Fsp3) is 0.250. The van der Waals surface area contributed by atoms with Gasteiger partial charge in [-0.15, -0.1) is 0 Å². The van der Waals surface area contributed by atoms with E-state index in [1.165, 1.54) is 56.7 Å². The lowest BCUT2D eigenvalue weighted by Crippen LogP contribution is -2.60. The quantitative estimate of drug-likeness (QED) is 0.0767. The van der Waals surface area contributed by atoms with Crippen LogP contribution in [0.4, 0.5) is 0 Å². The van der Waals surface area contributed by atoms with Gasteiger partial charge in [-0.25, -0.2) is 4.79 Å². The third-order valence-corrected chi connectivity index (χ3v) is 7.27. The van der Waals surface area contributed by atoms with Gasteiger partial charge in [-0.2, -0.15) is 0 Å². The summed E-state index contributed by atoms with van der Waals surface area (Å²) >= 11 is 0. The van der Waals surface area contributed by atoms with E-state index in [1.54, 1.807) is 0 Å². The second-order valence-electron chi connectivity index (χ2n) is 10.3. The van der Waals surface area contributed by atoms with Gasteiger partial charge in [0.05, 0.1) is 20.8 Å². The molecule has 2 heterocycles. The average Bonchev–Trinajstić information content (AvgIpc) is 3.05. The molecule has 0 bridgehead atoms. The second-order valence-corrected chi connectivity index (χ2v) is 10.3. The first-order chi connectivity index (χ1) is 22.4. The van der Waals surface area contributed by atoms with Crippen LogP contribution in [0.3, 0.4) is 0 Å². The number of aliphatic hydroxyl groups is 4. The van der Waals surface area contributed by atoms with E-state index in [0.29, 0.717) is 11.1 Å². The van der Waals surface area contributed by atoms with Gasteiger partial charge in [0.15, 0.2) is 28.4 Å². The molecule has 0 saturated carbocycles. The number of phenols is 3. The number of methoxy groups -OCH3 is 2.